The fourth-order valence-corrected chi connectivity index (χ4v) is 3.30. The molecule has 0 saturated carbocycles. The van der Waals surface area contributed by atoms with Gasteiger partial charge in [0.1, 0.15) is 11.6 Å². The van der Waals surface area contributed by atoms with E-state index >= 15 is 0 Å². The summed E-state index contributed by atoms with van der Waals surface area (Å²) in [5.41, 5.74) is 1.48. The molecule has 2 aromatic rings. The predicted octanol–water partition coefficient (Wildman–Crippen LogP) is 2.06. The molecule has 5 heteroatoms. The van der Waals surface area contributed by atoms with E-state index in [0.717, 1.165) is 6.07 Å². The number of nitrogens with zero attached hydrogens (tertiary/aromatic N) is 1. The maximum atomic E-state index is 14.5. The number of fused-ring (bicyclic) bond motifs is 2. The third-order valence-corrected chi connectivity index (χ3v) is 4.14. The third-order valence-electron chi connectivity index (χ3n) is 4.14. The monoisotopic (exact) mass is 279 g/mol. The SMILES string of the molecule is [2H]C([2H])([2H])N1C[C@@H](O)C=C2c3c(F)cc(F)c4[nH]cc(c34)C[C@H]21. The van der Waals surface area contributed by atoms with Crippen molar-refractivity contribution in [3.8, 4) is 0 Å². The van der Waals surface area contributed by atoms with Crippen molar-refractivity contribution in [2.45, 2.75) is 18.6 Å². The van der Waals surface area contributed by atoms with Gasteiger partial charge >= 0.3 is 0 Å². The molecule has 2 heterocycles. The molecule has 2 atom stereocenters. The molecule has 4 rings (SSSR count). The largest absolute Gasteiger partial charge is 0.388 e. The third kappa shape index (κ3) is 1.45. The Labute approximate surface area is 118 Å². The summed E-state index contributed by atoms with van der Waals surface area (Å²) in [5.74, 6) is -1.43. The number of β-amino-alcohol motifs (C(OH)–C–C–N with tert-alkyl or cyclic N) is 1. The number of aliphatic hydroxyl groups excluding tert-OH is 1. The van der Waals surface area contributed by atoms with Crippen molar-refractivity contribution in [2.24, 2.45) is 0 Å². The summed E-state index contributed by atoms with van der Waals surface area (Å²) in [7, 11) is 0. The van der Waals surface area contributed by atoms with Gasteiger partial charge in [0.2, 0.25) is 0 Å². The standard InChI is InChI=1S/C15H14F2N2O/c1-19-6-8(20)3-9-12(19)2-7-5-18-15-11(17)4-10(16)14(9)13(7)15/h3-5,8,12,18,20H,2,6H2,1H3/t8-,12+/m0/s1/i1D3. The van der Waals surface area contributed by atoms with Crippen molar-refractivity contribution >= 4 is 16.5 Å². The number of aromatic nitrogens is 1. The van der Waals surface area contributed by atoms with Crippen LogP contribution in [0.4, 0.5) is 8.78 Å². The fourth-order valence-electron chi connectivity index (χ4n) is 3.30. The van der Waals surface area contributed by atoms with Gasteiger partial charge in [-0.05, 0) is 30.6 Å². The maximum Gasteiger partial charge on any atom is 0.150 e. The molecule has 1 aromatic heterocycles. The smallest absolute Gasteiger partial charge is 0.150 e. The first-order valence-electron chi connectivity index (χ1n) is 7.92. The van der Waals surface area contributed by atoms with Gasteiger partial charge in [-0.25, -0.2) is 8.78 Å². The number of aliphatic hydroxyl groups is 1. The van der Waals surface area contributed by atoms with Crippen LogP contribution in [-0.4, -0.2) is 40.7 Å². The summed E-state index contributed by atoms with van der Waals surface area (Å²) in [6.07, 6.45) is 2.39. The first-order valence-corrected chi connectivity index (χ1v) is 6.42. The quantitative estimate of drug-likeness (QED) is 0.775. The minimum absolute atomic E-state index is 0.0453. The van der Waals surface area contributed by atoms with Crippen molar-refractivity contribution in [1.29, 1.82) is 0 Å². The Kier molecular flexibility index (Phi) is 1.80. The van der Waals surface area contributed by atoms with E-state index in [1.165, 1.54) is 11.0 Å². The number of halogens is 2. The lowest BCUT2D eigenvalue weighted by Crippen LogP contribution is -2.44. The van der Waals surface area contributed by atoms with Crippen molar-refractivity contribution in [3.63, 3.8) is 0 Å². The molecule has 0 unspecified atom stereocenters. The van der Waals surface area contributed by atoms with E-state index < -0.39 is 30.8 Å². The van der Waals surface area contributed by atoms with Gasteiger partial charge in [-0.15, -0.1) is 0 Å². The lowest BCUT2D eigenvalue weighted by atomic mass is 9.81. The van der Waals surface area contributed by atoms with Crippen molar-refractivity contribution < 1.29 is 18.0 Å². The average molecular weight is 279 g/mol. The molecule has 104 valence electrons. The lowest BCUT2D eigenvalue weighted by Gasteiger charge is -2.38. The van der Waals surface area contributed by atoms with Crippen LogP contribution in [0.3, 0.4) is 0 Å². The van der Waals surface area contributed by atoms with Crippen LogP contribution in [0.5, 0.6) is 0 Å². The molecule has 20 heavy (non-hydrogen) atoms. The van der Waals surface area contributed by atoms with E-state index in [-0.39, 0.29) is 17.6 Å². The molecule has 0 bridgehead atoms. The Morgan fingerprint density at radius 1 is 1.45 bits per heavy atom. The van der Waals surface area contributed by atoms with E-state index in [1.807, 2.05) is 0 Å². The van der Waals surface area contributed by atoms with Crippen LogP contribution in [0, 0.1) is 11.6 Å². The topological polar surface area (TPSA) is 39.3 Å². The maximum absolute atomic E-state index is 14.5. The first-order chi connectivity index (χ1) is 10.8. The Hall–Kier alpha value is -1.72. The van der Waals surface area contributed by atoms with Gasteiger partial charge in [0, 0.05) is 39.9 Å². The number of hydrogen-bond donors (Lipinski definition) is 2. The van der Waals surface area contributed by atoms with Crippen molar-refractivity contribution in [1.82, 2.24) is 9.88 Å². The highest BCUT2D eigenvalue weighted by molar-refractivity contribution is 5.98. The second-order valence-corrected chi connectivity index (χ2v) is 5.34. The van der Waals surface area contributed by atoms with Crippen LogP contribution < -0.4 is 0 Å². The molecular formula is C15H14F2N2O. The number of rotatable bonds is 0. The first kappa shape index (κ1) is 9.26. The van der Waals surface area contributed by atoms with Crippen LogP contribution in [0.15, 0.2) is 18.3 Å². The van der Waals surface area contributed by atoms with E-state index in [9.17, 15) is 13.9 Å². The minimum Gasteiger partial charge on any atom is -0.388 e. The lowest BCUT2D eigenvalue weighted by molar-refractivity contribution is 0.139. The highest BCUT2D eigenvalue weighted by Gasteiger charge is 2.35. The van der Waals surface area contributed by atoms with Crippen molar-refractivity contribution in [3.05, 3.63) is 41.1 Å². The van der Waals surface area contributed by atoms with Crippen LogP contribution >= 0.6 is 0 Å². The van der Waals surface area contributed by atoms with Crippen LogP contribution in [0.2, 0.25) is 0 Å². The molecule has 0 amide bonds. The molecule has 0 radical (unpaired) electrons. The van der Waals surface area contributed by atoms with Gasteiger partial charge in [0.15, 0.2) is 0 Å². The van der Waals surface area contributed by atoms with Crippen LogP contribution in [0.25, 0.3) is 16.5 Å². The Morgan fingerprint density at radius 2 is 2.30 bits per heavy atom. The summed E-state index contributed by atoms with van der Waals surface area (Å²) < 4.78 is 51.4. The summed E-state index contributed by atoms with van der Waals surface area (Å²) >= 11 is 0. The average Bonchev–Trinajstić information content (AvgIpc) is 2.86. The van der Waals surface area contributed by atoms with E-state index in [2.05, 4.69) is 4.98 Å². The van der Waals surface area contributed by atoms with E-state index in [4.69, 9.17) is 4.11 Å². The predicted molar refractivity (Wildman–Crippen MR) is 72.3 cm³/mol. The summed E-state index contributed by atoms with van der Waals surface area (Å²) in [6.45, 7) is -2.45. The molecule has 1 aliphatic heterocycles. The second kappa shape index (κ2) is 3.90. The molecule has 0 fully saturated rings. The van der Waals surface area contributed by atoms with Crippen LogP contribution in [0.1, 0.15) is 15.2 Å². The number of likely N-dealkylation sites (N-methyl/N-ethyl adjacent to an activating group) is 1. The molecule has 1 aromatic carbocycles. The normalized spacial score (nSPS) is 28.6. The Bertz CT molecular complexity index is 843. The van der Waals surface area contributed by atoms with Gasteiger partial charge in [-0.2, -0.15) is 0 Å². The minimum atomic E-state index is -2.41. The molecule has 1 aliphatic carbocycles. The fraction of sp³-hybridized carbons (Fsp3) is 0.333. The number of benzene rings is 1. The highest BCUT2D eigenvalue weighted by Crippen LogP contribution is 2.41. The number of H-pyrrole nitrogens is 1. The van der Waals surface area contributed by atoms with E-state index in [0.29, 0.717) is 22.9 Å². The van der Waals surface area contributed by atoms with Gasteiger partial charge in [-0.1, -0.05) is 0 Å². The molecular weight excluding hydrogens is 262 g/mol. The highest BCUT2D eigenvalue weighted by atomic mass is 19.1. The summed E-state index contributed by atoms with van der Waals surface area (Å²) in [5, 5.41) is 10.4. The summed E-state index contributed by atoms with van der Waals surface area (Å²) in [6, 6.07) is 0.222. The number of aromatic amines is 1. The molecule has 0 saturated heterocycles. The zero-order valence-electron chi connectivity index (χ0n) is 13.5. The molecule has 0 spiro atoms. The zero-order chi connectivity index (χ0) is 16.5. The second-order valence-electron chi connectivity index (χ2n) is 5.34. The Morgan fingerprint density at radius 3 is 3.10 bits per heavy atom. The molecule has 3 nitrogen and oxygen atoms in total. The van der Waals surface area contributed by atoms with E-state index in [1.54, 1.807) is 6.20 Å². The molecule has 2 N–H and O–H groups in total. The van der Waals surface area contributed by atoms with Gasteiger partial charge in [0.25, 0.3) is 0 Å². The van der Waals surface area contributed by atoms with Gasteiger partial charge < -0.3 is 10.1 Å². The number of nitrogens with one attached hydrogen (secondary N) is 1. The molecule has 2 aliphatic rings. The zero-order valence-corrected chi connectivity index (χ0v) is 10.5. The van der Waals surface area contributed by atoms with Gasteiger partial charge in [-0.3, -0.25) is 4.90 Å². The number of hydrogen-bond acceptors (Lipinski definition) is 2. The van der Waals surface area contributed by atoms with Crippen molar-refractivity contribution in [2.75, 3.05) is 13.5 Å². The summed E-state index contributed by atoms with van der Waals surface area (Å²) in [4.78, 5) is 4.01. The Balaban J connectivity index is 1.99. The van der Waals surface area contributed by atoms with Crippen LogP contribution in [-0.2, 0) is 6.42 Å². The van der Waals surface area contributed by atoms with Gasteiger partial charge in [0.05, 0.1) is 11.6 Å².